The summed E-state index contributed by atoms with van der Waals surface area (Å²) in [4.78, 5) is 153. The van der Waals surface area contributed by atoms with Gasteiger partial charge in [-0.1, -0.05) is 86.8 Å². The van der Waals surface area contributed by atoms with Gasteiger partial charge in [0.2, 0.25) is 23.6 Å². The van der Waals surface area contributed by atoms with Crippen LogP contribution in [0.2, 0.25) is 0 Å². The molecule has 1 aromatic carbocycles. The summed E-state index contributed by atoms with van der Waals surface area (Å²) in [5.41, 5.74) is 6.21. The third kappa shape index (κ3) is 21.8. The average Bonchev–Trinajstić information content (AvgIpc) is 4.03. The molecule has 3 rings (SSSR count). The number of Topliss-reactive ketones (excluding diaryl/α,β-unsaturated/α-hetero) is 2. The van der Waals surface area contributed by atoms with Gasteiger partial charge in [-0.3, -0.25) is 38.4 Å². The number of urea groups is 1. The predicted molar refractivity (Wildman–Crippen MR) is 303 cm³/mol. The van der Waals surface area contributed by atoms with Crippen molar-refractivity contribution in [1.29, 1.82) is 0 Å². The lowest BCUT2D eigenvalue weighted by Gasteiger charge is -2.40. The van der Waals surface area contributed by atoms with Gasteiger partial charge in [-0.25, -0.2) is 14.4 Å². The van der Waals surface area contributed by atoms with Crippen molar-refractivity contribution in [3.8, 4) is 0 Å². The number of ether oxygens (including phenoxy) is 2. The molecule has 0 saturated carbocycles. The quantitative estimate of drug-likeness (QED) is 0.0399. The van der Waals surface area contributed by atoms with Crippen LogP contribution in [-0.2, 0) is 64.1 Å². The molecular formula is C59H94N8O14. The highest BCUT2D eigenvalue weighted by Gasteiger charge is 2.41. The Morgan fingerprint density at radius 3 is 1.95 bits per heavy atom. The van der Waals surface area contributed by atoms with E-state index in [0.29, 0.717) is 55.0 Å². The van der Waals surface area contributed by atoms with Gasteiger partial charge in [0.05, 0.1) is 30.7 Å². The number of imide groups is 1. The molecule has 0 radical (unpaired) electrons. The Morgan fingerprint density at radius 1 is 0.778 bits per heavy atom. The first kappa shape index (κ1) is 68.8. The van der Waals surface area contributed by atoms with Crippen molar-refractivity contribution >= 4 is 70.8 Å². The molecule has 2 heterocycles. The minimum Gasteiger partial charge on any atom is -0.445 e. The lowest BCUT2D eigenvalue weighted by Crippen LogP contribution is -2.53. The van der Waals surface area contributed by atoms with E-state index in [1.165, 1.54) is 11.9 Å². The molecule has 0 aliphatic carbocycles. The molecule has 2 fully saturated rings. The number of unbranched alkanes of at least 4 members (excludes halogenated alkanes) is 3. The summed E-state index contributed by atoms with van der Waals surface area (Å²) in [6.07, 6.45) is 3.86. The first-order valence-corrected chi connectivity index (χ1v) is 29.0. The van der Waals surface area contributed by atoms with Gasteiger partial charge in [0, 0.05) is 96.4 Å². The number of nitrogens with zero attached hydrogens (tertiary/aromatic N) is 4. The van der Waals surface area contributed by atoms with Crippen LogP contribution in [0.4, 0.5) is 15.3 Å². The number of hydroxylamine groups is 2. The Morgan fingerprint density at radius 2 is 1.41 bits per heavy atom. The topological polar surface area (TPSA) is 291 Å². The van der Waals surface area contributed by atoms with Crippen molar-refractivity contribution < 1.29 is 67.1 Å². The molecule has 2 aliphatic heterocycles. The fourth-order valence-corrected chi connectivity index (χ4v) is 10.7. The van der Waals surface area contributed by atoms with Crippen LogP contribution in [0.3, 0.4) is 0 Å². The van der Waals surface area contributed by atoms with Gasteiger partial charge in [0.1, 0.15) is 6.61 Å². The second-order valence-electron chi connectivity index (χ2n) is 23.0. The molecule has 1 aromatic rings. The Balaban J connectivity index is 1.60. The Bertz CT molecular complexity index is 2290. The number of ketones is 2. The predicted octanol–water partition coefficient (Wildman–Crippen LogP) is 6.85. The standard InChI is InChI=1S/C59H94N8O14/c1-13-39(8)55(47(79-12)34-51(73)66-31-19-20-40(66)9)64(10)57(76)44(36(2)3)33-46(69)54(38(6)7)65(11)59(78)80-35-41-24-26-43(27-25-41)62-56(75)42(21-18-30-61-58(60)77)32-45(68)53(37(4)5)63-48(70)22-16-14-15-17-23-52(74)81-67-49(71)28-29-50(67)72/h24-27,36-40,42,44,47,53-55H,13-23,28-35H2,1-12H3,(H,62,75)(H,63,70)(H3,60,61,77)/t39-,40+,42+,44-,47+,53-,54-,55-/m0/s1. The number of likely N-dealkylation sites (tertiary alicyclic amines) is 1. The zero-order valence-electron chi connectivity index (χ0n) is 50.2. The molecule has 0 bridgehead atoms. The van der Waals surface area contributed by atoms with E-state index >= 15 is 0 Å². The molecule has 2 aliphatic rings. The summed E-state index contributed by atoms with van der Waals surface area (Å²) in [6.45, 7) is 17.8. The first-order valence-electron chi connectivity index (χ1n) is 29.0. The molecule has 0 spiro atoms. The Labute approximate surface area is 479 Å². The highest BCUT2D eigenvalue weighted by molar-refractivity contribution is 6.01. The largest absolute Gasteiger partial charge is 0.445 e. The number of rotatable bonds is 35. The number of methoxy groups -OCH3 is 1. The maximum Gasteiger partial charge on any atom is 0.410 e. The number of anilines is 1. The minimum absolute atomic E-state index is 0.000421. The molecular weight excluding hydrogens is 1040 g/mol. The number of amides is 9. The van der Waals surface area contributed by atoms with E-state index in [1.54, 1.807) is 57.2 Å². The zero-order valence-corrected chi connectivity index (χ0v) is 50.2. The van der Waals surface area contributed by atoms with Crippen LogP contribution in [0.5, 0.6) is 0 Å². The fraction of sp³-hybridized carbons (Fsp3) is 0.712. The van der Waals surface area contributed by atoms with Crippen LogP contribution in [0.15, 0.2) is 24.3 Å². The molecule has 0 aromatic heterocycles. The lowest BCUT2D eigenvalue weighted by atomic mass is 9.83. The number of hydrogen-bond acceptors (Lipinski definition) is 14. The van der Waals surface area contributed by atoms with E-state index < -0.39 is 71.9 Å². The van der Waals surface area contributed by atoms with Gasteiger partial charge in [0.25, 0.3) is 11.8 Å². The van der Waals surface area contributed by atoms with E-state index in [-0.39, 0.29) is 124 Å². The van der Waals surface area contributed by atoms with Crippen LogP contribution < -0.4 is 21.7 Å². The third-order valence-electron chi connectivity index (χ3n) is 15.7. The summed E-state index contributed by atoms with van der Waals surface area (Å²) >= 11 is 0. The average molecular weight is 1140 g/mol. The van der Waals surface area contributed by atoms with Gasteiger partial charge in [-0.05, 0) is 86.8 Å². The monoisotopic (exact) mass is 1140 g/mol. The fourth-order valence-electron chi connectivity index (χ4n) is 10.7. The normalized spacial score (nSPS) is 17.0. The molecule has 22 heteroatoms. The maximum atomic E-state index is 14.5. The van der Waals surface area contributed by atoms with Gasteiger partial charge in [-0.15, -0.1) is 5.06 Å². The first-order chi connectivity index (χ1) is 38.2. The molecule has 8 atom stereocenters. The highest BCUT2D eigenvalue weighted by atomic mass is 16.7. The number of primary amides is 1. The lowest BCUT2D eigenvalue weighted by molar-refractivity contribution is -0.197. The van der Waals surface area contributed by atoms with Gasteiger partial charge >= 0.3 is 18.1 Å². The van der Waals surface area contributed by atoms with E-state index in [0.717, 1.165) is 19.3 Å². The van der Waals surface area contributed by atoms with E-state index in [9.17, 15) is 52.7 Å². The Kier molecular flexibility index (Phi) is 29.0. The summed E-state index contributed by atoms with van der Waals surface area (Å²) in [7, 11) is 4.78. The molecule has 5 N–H and O–H groups in total. The van der Waals surface area contributed by atoms with Crippen LogP contribution in [0.25, 0.3) is 0 Å². The third-order valence-corrected chi connectivity index (χ3v) is 15.7. The number of hydrogen-bond donors (Lipinski definition) is 4. The second-order valence-corrected chi connectivity index (χ2v) is 23.0. The highest BCUT2D eigenvalue weighted by Crippen LogP contribution is 2.30. The van der Waals surface area contributed by atoms with Crippen molar-refractivity contribution in [2.75, 3.05) is 39.6 Å². The smallest absolute Gasteiger partial charge is 0.410 e. The molecule has 0 unspecified atom stereocenters. The van der Waals surface area contributed by atoms with Gasteiger partial charge < -0.3 is 50.7 Å². The Hall–Kier alpha value is -6.45. The molecule has 9 amide bonds. The molecule has 454 valence electrons. The molecule has 2 saturated heterocycles. The number of likely N-dealkylation sites (N-methyl/N-ethyl adjacent to an activating group) is 2. The van der Waals surface area contributed by atoms with Crippen molar-refractivity contribution in [2.45, 2.75) is 202 Å². The van der Waals surface area contributed by atoms with Crippen LogP contribution in [0.1, 0.15) is 171 Å². The van der Waals surface area contributed by atoms with Crippen molar-refractivity contribution in [3.05, 3.63) is 29.8 Å². The SMILES string of the molecule is CC[C@H](C)[C@@H]([C@@H](CC(=O)N1CCC[C@H]1C)OC)N(C)C(=O)[C@@H](CC(=O)[C@H](C(C)C)N(C)C(=O)OCc1ccc(NC(=O)[C@H](CCCNC(N)=O)CC(=O)[C@@H](NC(=O)CCCCCCC(=O)ON2C(=O)CCC2=O)C(C)C)cc1)C(C)C. The van der Waals surface area contributed by atoms with E-state index in [4.69, 9.17) is 20.0 Å². The van der Waals surface area contributed by atoms with E-state index in [2.05, 4.69) is 16.0 Å². The number of carbonyl (C=O) groups is 11. The maximum absolute atomic E-state index is 14.5. The van der Waals surface area contributed by atoms with Crippen LogP contribution in [0, 0.1) is 35.5 Å². The number of carbonyl (C=O) groups excluding carboxylic acids is 11. The number of nitrogens with two attached hydrogens (primary N) is 1. The van der Waals surface area contributed by atoms with Crippen molar-refractivity contribution in [2.24, 2.45) is 41.2 Å². The summed E-state index contributed by atoms with van der Waals surface area (Å²) in [5.74, 6) is -5.94. The number of nitrogens with one attached hydrogen (secondary N) is 3. The van der Waals surface area contributed by atoms with Crippen molar-refractivity contribution in [3.63, 3.8) is 0 Å². The molecule has 22 nitrogen and oxygen atoms in total. The summed E-state index contributed by atoms with van der Waals surface area (Å²) < 4.78 is 11.6. The number of benzene rings is 1. The van der Waals surface area contributed by atoms with Crippen LogP contribution >= 0.6 is 0 Å². The van der Waals surface area contributed by atoms with Gasteiger partial charge in [0.15, 0.2) is 11.6 Å². The summed E-state index contributed by atoms with van der Waals surface area (Å²) in [5, 5.41) is 8.68. The zero-order chi connectivity index (χ0) is 60.7. The summed E-state index contributed by atoms with van der Waals surface area (Å²) in [6, 6.07) is 3.73. The van der Waals surface area contributed by atoms with E-state index in [1.807, 2.05) is 53.4 Å². The second kappa shape index (κ2) is 34.1. The minimum atomic E-state index is -0.913. The van der Waals surface area contributed by atoms with Crippen LogP contribution in [-0.4, -0.2) is 149 Å². The van der Waals surface area contributed by atoms with Gasteiger partial charge in [-0.2, -0.15) is 0 Å². The molecule has 81 heavy (non-hydrogen) atoms. The van der Waals surface area contributed by atoms with Crippen molar-refractivity contribution in [1.82, 2.24) is 30.4 Å².